The van der Waals surface area contributed by atoms with Crippen molar-refractivity contribution in [3.63, 3.8) is 0 Å². The van der Waals surface area contributed by atoms with Crippen molar-refractivity contribution in [1.82, 2.24) is 14.8 Å². The molecule has 0 saturated carbocycles. The average Bonchev–Trinajstić information content (AvgIpc) is 2.84. The Morgan fingerprint density at radius 1 is 1.24 bits per heavy atom. The predicted octanol–water partition coefficient (Wildman–Crippen LogP) is 3.06. The van der Waals surface area contributed by atoms with Gasteiger partial charge in [0.25, 0.3) is 0 Å². The second kappa shape index (κ2) is 6.76. The van der Waals surface area contributed by atoms with E-state index in [0.717, 1.165) is 10.8 Å². The van der Waals surface area contributed by atoms with Gasteiger partial charge in [0.1, 0.15) is 6.33 Å². The fourth-order valence-corrected chi connectivity index (χ4v) is 2.58. The van der Waals surface area contributed by atoms with Crippen LogP contribution in [-0.4, -0.2) is 25.9 Å². The zero-order valence-corrected chi connectivity index (χ0v) is 13.5. The van der Waals surface area contributed by atoms with Gasteiger partial charge in [-0.3, -0.25) is 4.79 Å². The maximum absolute atomic E-state index is 12.2. The van der Waals surface area contributed by atoms with Gasteiger partial charge in [-0.25, -0.2) is 0 Å². The Balaban J connectivity index is 1.95. The largest absolute Gasteiger partial charge is 0.325 e. The maximum Gasteiger partial charge on any atom is 0.237 e. The molecule has 0 aliphatic carbocycles. The Labute approximate surface area is 129 Å². The Morgan fingerprint density at radius 2 is 1.90 bits per heavy atom. The molecule has 1 amide bonds. The van der Waals surface area contributed by atoms with Crippen LogP contribution < -0.4 is 5.32 Å². The molecule has 1 N–H and O–H groups in total. The van der Waals surface area contributed by atoms with Gasteiger partial charge in [0.2, 0.25) is 5.91 Å². The first-order valence-corrected chi connectivity index (χ1v) is 7.77. The lowest BCUT2D eigenvalue weighted by Crippen LogP contribution is -2.22. The van der Waals surface area contributed by atoms with Crippen LogP contribution in [0.2, 0.25) is 0 Å². The van der Waals surface area contributed by atoms with E-state index in [1.54, 1.807) is 10.9 Å². The van der Waals surface area contributed by atoms with E-state index in [1.165, 1.54) is 17.3 Å². The minimum atomic E-state index is -0.238. The Morgan fingerprint density at radius 3 is 2.43 bits per heavy atom. The van der Waals surface area contributed by atoms with Crippen LogP contribution in [-0.2, 0) is 11.8 Å². The number of hydrogen-bond acceptors (Lipinski definition) is 4. The van der Waals surface area contributed by atoms with Crippen LogP contribution in [0.4, 0.5) is 5.69 Å². The van der Waals surface area contributed by atoms with Gasteiger partial charge in [0, 0.05) is 12.7 Å². The van der Waals surface area contributed by atoms with Crippen LogP contribution in [0.5, 0.6) is 0 Å². The third-order valence-corrected chi connectivity index (χ3v) is 4.31. The normalized spacial score (nSPS) is 12.4. The fourth-order valence-electron chi connectivity index (χ4n) is 1.79. The molecule has 1 aromatic carbocycles. The number of rotatable bonds is 5. The molecule has 0 saturated heterocycles. The van der Waals surface area contributed by atoms with E-state index in [-0.39, 0.29) is 11.2 Å². The summed E-state index contributed by atoms with van der Waals surface area (Å²) in [6.07, 6.45) is 1.62. The Hall–Kier alpha value is -1.82. The zero-order chi connectivity index (χ0) is 15.4. The number of nitrogens with zero attached hydrogens (tertiary/aromatic N) is 3. The third kappa shape index (κ3) is 4.07. The molecule has 5 nitrogen and oxygen atoms in total. The highest BCUT2D eigenvalue weighted by molar-refractivity contribution is 8.00. The summed E-state index contributed by atoms with van der Waals surface area (Å²) >= 11 is 1.39. The summed E-state index contributed by atoms with van der Waals surface area (Å²) < 4.78 is 1.80. The number of carbonyl (C=O) groups is 1. The van der Waals surface area contributed by atoms with E-state index in [4.69, 9.17) is 0 Å². The first-order chi connectivity index (χ1) is 9.97. The van der Waals surface area contributed by atoms with Crippen LogP contribution >= 0.6 is 11.8 Å². The van der Waals surface area contributed by atoms with E-state index in [0.29, 0.717) is 5.92 Å². The van der Waals surface area contributed by atoms with Gasteiger partial charge in [0.05, 0.1) is 5.25 Å². The molecular weight excluding hydrogens is 284 g/mol. The fraction of sp³-hybridized carbons (Fsp3) is 0.400. The summed E-state index contributed by atoms with van der Waals surface area (Å²) in [5.41, 5.74) is 2.07. The van der Waals surface area contributed by atoms with Crippen molar-refractivity contribution in [3.05, 3.63) is 36.2 Å². The number of benzene rings is 1. The summed E-state index contributed by atoms with van der Waals surface area (Å²) in [5, 5.41) is 11.2. The van der Waals surface area contributed by atoms with Gasteiger partial charge in [-0.05, 0) is 30.5 Å². The topological polar surface area (TPSA) is 59.8 Å². The first kappa shape index (κ1) is 15.6. The lowest BCUT2D eigenvalue weighted by atomic mass is 10.0. The number of carbonyl (C=O) groups excluding carboxylic acids is 1. The van der Waals surface area contributed by atoms with Gasteiger partial charge in [-0.1, -0.05) is 37.7 Å². The van der Waals surface area contributed by atoms with E-state index in [2.05, 4.69) is 29.4 Å². The highest BCUT2D eigenvalue weighted by atomic mass is 32.2. The van der Waals surface area contributed by atoms with Crippen molar-refractivity contribution in [1.29, 1.82) is 0 Å². The van der Waals surface area contributed by atoms with Gasteiger partial charge >= 0.3 is 0 Å². The molecule has 1 atom stereocenters. The maximum atomic E-state index is 12.2. The standard InChI is InChI=1S/C15H20N4OS/c1-10(2)12-5-7-13(8-6-12)17-14(20)11(3)21-15-18-16-9-19(15)4/h5-11H,1-4H3,(H,17,20). The molecule has 0 bridgehead atoms. The molecule has 0 fully saturated rings. The van der Waals surface area contributed by atoms with Crippen molar-refractivity contribution in [3.8, 4) is 0 Å². The van der Waals surface area contributed by atoms with Crippen LogP contribution in [0, 0.1) is 0 Å². The molecule has 0 aliphatic heterocycles. The van der Waals surface area contributed by atoms with Crippen molar-refractivity contribution in [2.45, 2.75) is 37.1 Å². The van der Waals surface area contributed by atoms with Crippen molar-refractivity contribution in [2.75, 3.05) is 5.32 Å². The monoisotopic (exact) mass is 304 g/mol. The predicted molar refractivity (Wildman–Crippen MR) is 85.5 cm³/mol. The smallest absolute Gasteiger partial charge is 0.237 e. The molecule has 112 valence electrons. The number of amides is 1. The molecule has 2 rings (SSSR count). The SMILES string of the molecule is CC(Sc1nncn1C)C(=O)Nc1ccc(C(C)C)cc1. The number of thioether (sulfide) groups is 1. The molecule has 1 unspecified atom stereocenters. The van der Waals surface area contributed by atoms with Crippen LogP contribution in [0.15, 0.2) is 35.7 Å². The summed E-state index contributed by atoms with van der Waals surface area (Å²) in [6, 6.07) is 7.96. The number of aromatic nitrogens is 3. The summed E-state index contributed by atoms with van der Waals surface area (Å²) in [7, 11) is 1.86. The van der Waals surface area contributed by atoms with Crippen molar-refractivity contribution < 1.29 is 4.79 Å². The second-order valence-corrected chi connectivity index (χ2v) is 6.56. The minimum Gasteiger partial charge on any atom is -0.325 e. The number of nitrogens with one attached hydrogen (secondary N) is 1. The minimum absolute atomic E-state index is 0.0414. The van der Waals surface area contributed by atoms with E-state index >= 15 is 0 Å². The quantitative estimate of drug-likeness (QED) is 0.863. The summed E-state index contributed by atoms with van der Waals surface area (Å²) in [6.45, 7) is 6.15. The molecule has 1 heterocycles. The zero-order valence-electron chi connectivity index (χ0n) is 12.7. The first-order valence-electron chi connectivity index (χ1n) is 6.89. The van der Waals surface area contributed by atoms with E-state index in [1.807, 2.05) is 38.2 Å². The molecule has 6 heteroatoms. The Kier molecular flexibility index (Phi) is 5.01. The number of anilines is 1. The highest BCUT2D eigenvalue weighted by Gasteiger charge is 2.17. The van der Waals surface area contributed by atoms with Crippen LogP contribution in [0.3, 0.4) is 0 Å². The Bertz CT molecular complexity index is 606. The summed E-state index contributed by atoms with van der Waals surface area (Å²) in [4.78, 5) is 12.2. The van der Waals surface area contributed by atoms with Gasteiger partial charge in [0.15, 0.2) is 5.16 Å². The van der Waals surface area contributed by atoms with Gasteiger partial charge in [-0.15, -0.1) is 10.2 Å². The molecule has 0 spiro atoms. The molecular formula is C15H20N4OS. The van der Waals surface area contributed by atoms with Crippen molar-refractivity contribution >= 4 is 23.4 Å². The third-order valence-electron chi connectivity index (χ3n) is 3.17. The summed E-state index contributed by atoms with van der Waals surface area (Å²) in [5.74, 6) is 0.445. The second-order valence-electron chi connectivity index (χ2n) is 5.25. The lowest BCUT2D eigenvalue weighted by molar-refractivity contribution is -0.115. The molecule has 21 heavy (non-hydrogen) atoms. The van der Waals surface area contributed by atoms with Gasteiger partial charge < -0.3 is 9.88 Å². The van der Waals surface area contributed by atoms with E-state index < -0.39 is 0 Å². The van der Waals surface area contributed by atoms with E-state index in [9.17, 15) is 4.79 Å². The van der Waals surface area contributed by atoms with Gasteiger partial charge in [-0.2, -0.15) is 0 Å². The highest BCUT2D eigenvalue weighted by Crippen LogP contribution is 2.22. The average molecular weight is 304 g/mol. The lowest BCUT2D eigenvalue weighted by Gasteiger charge is -2.12. The molecule has 0 aliphatic rings. The number of aryl methyl sites for hydroxylation is 1. The molecule has 2 aromatic rings. The van der Waals surface area contributed by atoms with Crippen LogP contribution in [0.25, 0.3) is 0 Å². The molecule has 1 aromatic heterocycles. The number of hydrogen-bond donors (Lipinski definition) is 1. The molecule has 0 radical (unpaired) electrons. The van der Waals surface area contributed by atoms with Crippen LogP contribution in [0.1, 0.15) is 32.3 Å². The van der Waals surface area contributed by atoms with Crippen molar-refractivity contribution in [2.24, 2.45) is 7.05 Å².